The Bertz CT molecular complexity index is 1080. The van der Waals surface area contributed by atoms with E-state index in [4.69, 9.17) is 5.10 Å². The van der Waals surface area contributed by atoms with Crippen molar-refractivity contribution in [2.75, 3.05) is 29.9 Å². The molecule has 7 heteroatoms. The molecule has 1 fully saturated rings. The van der Waals surface area contributed by atoms with Crippen LogP contribution in [0.25, 0.3) is 5.69 Å². The van der Waals surface area contributed by atoms with E-state index >= 15 is 0 Å². The summed E-state index contributed by atoms with van der Waals surface area (Å²) in [6, 6.07) is 18.0. The molecule has 7 nitrogen and oxygen atoms in total. The van der Waals surface area contributed by atoms with Gasteiger partial charge in [0.2, 0.25) is 0 Å². The van der Waals surface area contributed by atoms with Gasteiger partial charge in [-0.2, -0.15) is 10.2 Å². The Morgan fingerprint density at radius 2 is 1.75 bits per heavy atom. The van der Waals surface area contributed by atoms with Crippen LogP contribution in [0.4, 0.5) is 11.5 Å². The predicted molar refractivity (Wildman–Crippen MR) is 130 cm³/mol. The van der Waals surface area contributed by atoms with Crippen LogP contribution in [0.5, 0.6) is 0 Å². The molecule has 2 heterocycles. The first-order chi connectivity index (χ1) is 15.6. The zero-order chi connectivity index (χ0) is 22.3. The van der Waals surface area contributed by atoms with Gasteiger partial charge in [-0.05, 0) is 56.9 Å². The topological polar surface area (TPSA) is 74.5 Å². The van der Waals surface area contributed by atoms with Gasteiger partial charge in [0.15, 0.2) is 0 Å². The first kappa shape index (κ1) is 21.6. The number of hydrazone groups is 1. The summed E-state index contributed by atoms with van der Waals surface area (Å²) in [5.41, 5.74) is 7.51. The highest BCUT2D eigenvalue weighted by Crippen LogP contribution is 2.28. The van der Waals surface area contributed by atoms with Gasteiger partial charge in [-0.15, -0.1) is 0 Å². The van der Waals surface area contributed by atoms with Crippen molar-refractivity contribution in [2.45, 2.75) is 33.1 Å². The molecule has 0 spiro atoms. The molecule has 2 N–H and O–H groups in total. The van der Waals surface area contributed by atoms with Gasteiger partial charge in [0.05, 0.1) is 29.7 Å². The number of carbonyl (C=O) groups is 1. The van der Waals surface area contributed by atoms with Crippen molar-refractivity contribution in [2.24, 2.45) is 5.10 Å². The van der Waals surface area contributed by atoms with Crippen molar-refractivity contribution in [3.8, 4) is 5.69 Å². The molecular formula is C25H30N6O. The number of carbonyl (C=O) groups excluding carboxylic acids is 1. The van der Waals surface area contributed by atoms with E-state index in [9.17, 15) is 4.79 Å². The molecule has 166 valence electrons. The fraction of sp³-hybridized carbons (Fsp3) is 0.320. The SMILES string of the molecule is Cc1ccccc1NCC(=O)N/N=C/c1c(C)nn(-c2ccccc2)c1N1CCCCC1. The smallest absolute Gasteiger partial charge is 0.259 e. The minimum absolute atomic E-state index is 0.156. The van der Waals surface area contributed by atoms with Crippen molar-refractivity contribution in [1.29, 1.82) is 0 Å². The van der Waals surface area contributed by atoms with Crippen molar-refractivity contribution in [1.82, 2.24) is 15.2 Å². The second kappa shape index (κ2) is 10.1. The van der Waals surface area contributed by atoms with Crippen LogP contribution in [0, 0.1) is 13.8 Å². The summed E-state index contributed by atoms with van der Waals surface area (Å²) in [5.74, 6) is 0.835. The average molecular weight is 431 g/mol. The van der Waals surface area contributed by atoms with E-state index in [0.29, 0.717) is 0 Å². The lowest BCUT2D eigenvalue weighted by Gasteiger charge is -2.29. The number of para-hydroxylation sites is 2. The van der Waals surface area contributed by atoms with Gasteiger partial charge in [-0.25, -0.2) is 10.1 Å². The molecule has 0 aliphatic carbocycles. The number of piperidine rings is 1. The van der Waals surface area contributed by atoms with Crippen LogP contribution in [0.3, 0.4) is 0 Å². The van der Waals surface area contributed by atoms with Gasteiger partial charge < -0.3 is 10.2 Å². The molecule has 1 aliphatic rings. The highest BCUT2D eigenvalue weighted by Gasteiger charge is 2.22. The zero-order valence-electron chi connectivity index (χ0n) is 18.7. The summed E-state index contributed by atoms with van der Waals surface area (Å²) >= 11 is 0. The maximum atomic E-state index is 12.3. The van der Waals surface area contributed by atoms with E-state index in [1.165, 1.54) is 6.42 Å². The van der Waals surface area contributed by atoms with Crippen LogP contribution in [0.1, 0.15) is 36.1 Å². The van der Waals surface area contributed by atoms with E-state index in [2.05, 4.69) is 32.9 Å². The summed E-state index contributed by atoms with van der Waals surface area (Å²) in [6.45, 7) is 6.13. The first-order valence-corrected chi connectivity index (χ1v) is 11.1. The number of rotatable bonds is 7. The van der Waals surface area contributed by atoms with Gasteiger partial charge in [-0.1, -0.05) is 36.4 Å². The summed E-state index contributed by atoms with van der Waals surface area (Å²) < 4.78 is 1.99. The molecule has 1 saturated heterocycles. The molecule has 1 aromatic heterocycles. The number of nitrogens with zero attached hydrogens (tertiary/aromatic N) is 4. The average Bonchev–Trinajstić information content (AvgIpc) is 3.16. The van der Waals surface area contributed by atoms with Crippen LogP contribution in [0.2, 0.25) is 0 Å². The Hall–Kier alpha value is -3.61. The largest absolute Gasteiger partial charge is 0.376 e. The molecule has 0 radical (unpaired) electrons. The summed E-state index contributed by atoms with van der Waals surface area (Å²) in [6.07, 6.45) is 5.30. The number of hydrogen-bond donors (Lipinski definition) is 2. The van der Waals surface area contributed by atoms with Crippen LogP contribution in [-0.4, -0.2) is 41.5 Å². The number of hydrogen-bond acceptors (Lipinski definition) is 5. The third-order valence-corrected chi connectivity index (χ3v) is 5.71. The zero-order valence-corrected chi connectivity index (χ0v) is 18.7. The predicted octanol–water partition coefficient (Wildman–Crippen LogP) is 4.04. The molecule has 0 saturated carbocycles. The van der Waals surface area contributed by atoms with Gasteiger partial charge in [0.25, 0.3) is 5.91 Å². The summed E-state index contributed by atoms with van der Waals surface area (Å²) in [7, 11) is 0. The molecule has 1 amide bonds. The summed E-state index contributed by atoms with van der Waals surface area (Å²) in [4.78, 5) is 14.7. The van der Waals surface area contributed by atoms with Gasteiger partial charge in [0, 0.05) is 18.8 Å². The van der Waals surface area contributed by atoms with Gasteiger partial charge in [0.1, 0.15) is 5.82 Å². The number of nitrogens with one attached hydrogen (secondary N) is 2. The van der Waals surface area contributed by atoms with E-state index in [1.54, 1.807) is 6.21 Å². The molecular weight excluding hydrogens is 400 g/mol. The van der Waals surface area contributed by atoms with E-state index in [-0.39, 0.29) is 12.5 Å². The Balaban J connectivity index is 1.51. The monoisotopic (exact) mass is 430 g/mol. The van der Waals surface area contributed by atoms with Crippen molar-refractivity contribution in [3.63, 3.8) is 0 Å². The lowest BCUT2D eigenvalue weighted by molar-refractivity contribution is -0.119. The normalized spacial score (nSPS) is 14.0. The summed E-state index contributed by atoms with van der Waals surface area (Å²) in [5, 5.41) is 12.2. The minimum Gasteiger partial charge on any atom is -0.376 e. The fourth-order valence-electron chi connectivity index (χ4n) is 3.99. The third kappa shape index (κ3) is 4.99. The van der Waals surface area contributed by atoms with Gasteiger partial charge >= 0.3 is 0 Å². The van der Waals surface area contributed by atoms with E-state index in [1.807, 2.05) is 61.0 Å². The maximum Gasteiger partial charge on any atom is 0.259 e. The number of benzene rings is 2. The van der Waals surface area contributed by atoms with Crippen molar-refractivity contribution in [3.05, 3.63) is 71.4 Å². The van der Waals surface area contributed by atoms with E-state index in [0.717, 1.165) is 59.9 Å². The third-order valence-electron chi connectivity index (χ3n) is 5.71. The minimum atomic E-state index is -0.197. The van der Waals surface area contributed by atoms with Crippen molar-refractivity contribution < 1.29 is 4.79 Å². The maximum absolute atomic E-state index is 12.3. The first-order valence-electron chi connectivity index (χ1n) is 11.1. The van der Waals surface area contributed by atoms with Crippen molar-refractivity contribution >= 4 is 23.6 Å². The number of amides is 1. The van der Waals surface area contributed by atoms with Crippen LogP contribution in [0.15, 0.2) is 59.7 Å². The molecule has 0 bridgehead atoms. The Morgan fingerprint density at radius 3 is 2.50 bits per heavy atom. The number of aromatic nitrogens is 2. The van der Waals surface area contributed by atoms with Crippen LogP contribution < -0.4 is 15.6 Å². The molecule has 0 atom stereocenters. The Labute approximate surface area is 189 Å². The second-order valence-electron chi connectivity index (χ2n) is 8.08. The van der Waals surface area contributed by atoms with Crippen LogP contribution >= 0.6 is 0 Å². The van der Waals surface area contributed by atoms with Crippen LogP contribution in [-0.2, 0) is 4.79 Å². The molecule has 3 aromatic rings. The van der Waals surface area contributed by atoms with Gasteiger partial charge in [-0.3, -0.25) is 4.79 Å². The van der Waals surface area contributed by atoms with E-state index < -0.39 is 0 Å². The highest BCUT2D eigenvalue weighted by atomic mass is 16.2. The molecule has 32 heavy (non-hydrogen) atoms. The lowest BCUT2D eigenvalue weighted by Crippen LogP contribution is -2.32. The second-order valence-corrected chi connectivity index (χ2v) is 8.08. The molecule has 2 aromatic carbocycles. The Morgan fingerprint density at radius 1 is 1.03 bits per heavy atom. The quantitative estimate of drug-likeness (QED) is 0.438. The molecule has 0 unspecified atom stereocenters. The Kier molecular flexibility index (Phi) is 6.84. The number of anilines is 2. The molecule has 4 rings (SSSR count). The highest BCUT2D eigenvalue weighted by molar-refractivity contribution is 5.90. The fourth-order valence-corrected chi connectivity index (χ4v) is 3.99. The standard InChI is InChI=1S/C25H30N6O/c1-19-11-7-8-14-23(19)26-18-24(32)28-27-17-22-20(2)29-31(21-12-5-3-6-13-21)25(22)30-15-9-4-10-16-30/h3,5-8,11-14,17,26H,4,9-10,15-16,18H2,1-2H3,(H,28,32)/b27-17+. The molecule has 1 aliphatic heterocycles. The lowest BCUT2D eigenvalue weighted by atomic mass is 10.1. The number of aryl methyl sites for hydroxylation is 2.